The minimum absolute atomic E-state index is 0.149. The highest BCUT2D eigenvalue weighted by molar-refractivity contribution is 5.96. The SMILES string of the molecule is O=C1CC(c2noc(-c3cccc4[nH]ccc34)n2)CN1c1ccccc1F. The molecule has 3 heterocycles. The maximum Gasteiger partial charge on any atom is 0.258 e. The lowest BCUT2D eigenvalue weighted by atomic mass is 10.1. The summed E-state index contributed by atoms with van der Waals surface area (Å²) in [6.07, 6.45) is 2.08. The van der Waals surface area contributed by atoms with Gasteiger partial charge in [0.1, 0.15) is 5.82 Å². The highest BCUT2D eigenvalue weighted by Gasteiger charge is 2.35. The number of carbonyl (C=O) groups excluding carboxylic acids is 1. The summed E-state index contributed by atoms with van der Waals surface area (Å²) in [5, 5.41) is 5.07. The van der Waals surface area contributed by atoms with Crippen molar-refractivity contribution >= 4 is 22.5 Å². The summed E-state index contributed by atoms with van der Waals surface area (Å²) in [6.45, 7) is 0.326. The van der Waals surface area contributed by atoms with Crippen molar-refractivity contribution < 1.29 is 13.7 Å². The Bertz CT molecular complexity index is 1150. The van der Waals surface area contributed by atoms with Crippen LogP contribution in [0.5, 0.6) is 0 Å². The second kappa shape index (κ2) is 6.05. The Morgan fingerprint density at radius 3 is 2.93 bits per heavy atom. The largest absolute Gasteiger partial charge is 0.361 e. The number of amides is 1. The molecule has 2 aromatic carbocycles. The second-order valence-electron chi connectivity index (χ2n) is 6.56. The Morgan fingerprint density at radius 2 is 2.04 bits per heavy atom. The van der Waals surface area contributed by atoms with Gasteiger partial charge in [-0.15, -0.1) is 0 Å². The fourth-order valence-corrected chi connectivity index (χ4v) is 3.57. The Kier molecular flexibility index (Phi) is 3.53. The minimum atomic E-state index is -0.417. The van der Waals surface area contributed by atoms with Crippen LogP contribution in [0.4, 0.5) is 10.1 Å². The van der Waals surface area contributed by atoms with Gasteiger partial charge in [-0.25, -0.2) is 4.39 Å². The van der Waals surface area contributed by atoms with E-state index in [4.69, 9.17) is 4.52 Å². The molecule has 6 nitrogen and oxygen atoms in total. The number of anilines is 1. The Morgan fingerprint density at radius 1 is 1.15 bits per heavy atom. The van der Waals surface area contributed by atoms with Crippen LogP contribution in [0.2, 0.25) is 0 Å². The average molecular weight is 362 g/mol. The van der Waals surface area contributed by atoms with Crippen LogP contribution < -0.4 is 4.90 Å². The molecule has 0 spiro atoms. The molecule has 0 bridgehead atoms. The van der Waals surface area contributed by atoms with Gasteiger partial charge in [0, 0.05) is 41.5 Å². The second-order valence-corrected chi connectivity index (χ2v) is 6.56. The molecule has 2 aromatic heterocycles. The molecule has 1 atom stereocenters. The van der Waals surface area contributed by atoms with Gasteiger partial charge in [-0.2, -0.15) is 4.98 Å². The lowest BCUT2D eigenvalue weighted by molar-refractivity contribution is -0.117. The molecule has 1 unspecified atom stereocenters. The van der Waals surface area contributed by atoms with Gasteiger partial charge in [0.15, 0.2) is 5.82 Å². The van der Waals surface area contributed by atoms with Crippen molar-refractivity contribution in [3.63, 3.8) is 0 Å². The maximum atomic E-state index is 14.0. The molecule has 4 aromatic rings. The molecule has 27 heavy (non-hydrogen) atoms. The van der Waals surface area contributed by atoms with Gasteiger partial charge in [-0.1, -0.05) is 23.4 Å². The Labute approximate surface area is 153 Å². The first-order chi connectivity index (χ1) is 13.2. The average Bonchev–Trinajstić information content (AvgIpc) is 3.41. The third-order valence-electron chi connectivity index (χ3n) is 4.90. The quantitative estimate of drug-likeness (QED) is 0.600. The zero-order valence-electron chi connectivity index (χ0n) is 14.2. The van der Waals surface area contributed by atoms with Crippen LogP contribution in [-0.2, 0) is 4.79 Å². The first-order valence-electron chi connectivity index (χ1n) is 8.65. The molecule has 0 aliphatic carbocycles. The lowest BCUT2D eigenvalue weighted by Crippen LogP contribution is -2.25. The monoisotopic (exact) mass is 362 g/mol. The summed E-state index contributed by atoms with van der Waals surface area (Å²) in [5.41, 5.74) is 2.10. The van der Waals surface area contributed by atoms with E-state index >= 15 is 0 Å². The van der Waals surface area contributed by atoms with E-state index in [1.807, 2.05) is 30.5 Å². The van der Waals surface area contributed by atoms with Crippen LogP contribution in [0, 0.1) is 5.82 Å². The van der Waals surface area contributed by atoms with E-state index in [2.05, 4.69) is 15.1 Å². The van der Waals surface area contributed by atoms with Crippen molar-refractivity contribution in [2.24, 2.45) is 0 Å². The fourth-order valence-electron chi connectivity index (χ4n) is 3.57. The summed E-state index contributed by atoms with van der Waals surface area (Å²) >= 11 is 0. The van der Waals surface area contributed by atoms with Crippen LogP contribution in [0.1, 0.15) is 18.2 Å². The summed E-state index contributed by atoms with van der Waals surface area (Å²) < 4.78 is 19.5. The number of H-pyrrole nitrogens is 1. The molecule has 5 rings (SSSR count). The summed E-state index contributed by atoms with van der Waals surface area (Å²) in [5.74, 6) is 0.0698. The topological polar surface area (TPSA) is 75.0 Å². The summed E-state index contributed by atoms with van der Waals surface area (Å²) in [6, 6.07) is 14.0. The Balaban J connectivity index is 1.45. The fraction of sp³-hybridized carbons (Fsp3) is 0.150. The predicted octanol–water partition coefficient (Wildman–Crippen LogP) is 3.88. The van der Waals surface area contributed by atoms with Gasteiger partial charge >= 0.3 is 0 Å². The molecular weight excluding hydrogens is 347 g/mol. The van der Waals surface area contributed by atoms with Crippen LogP contribution in [0.25, 0.3) is 22.4 Å². The number of carbonyl (C=O) groups is 1. The maximum absolute atomic E-state index is 14.0. The molecular formula is C20H15FN4O2. The van der Waals surface area contributed by atoms with Crippen LogP contribution in [-0.4, -0.2) is 27.6 Å². The number of aromatic amines is 1. The van der Waals surface area contributed by atoms with E-state index in [9.17, 15) is 9.18 Å². The van der Waals surface area contributed by atoms with E-state index in [1.54, 1.807) is 18.2 Å². The number of rotatable bonds is 3. The molecule has 1 N–H and O–H groups in total. The normalized spacial score (nSPS) is 17.1. The van der Waals surface area contributed by atoms with Gasteiger partial charge in [0.2, 0.25) is 5.91 Å². The third kappa shape index (κ3) is 2.59. The zero-order valence-corrected chi connectivity index (χ0v) is 14.2. The number of hydrogen-bond acceptors (Lipinski definition) is 4. The first-order valence-corrected chi connectivity index (χ1v) is 8.65. The van der Waals surface area contributed by atoms with Crippen molar-refractivity contribution in [3.05, 3.63) is 66.4 Å². The van der Waals surface area contributed by atoms with Crippen LogP contribution >= 0.6 is 0 Å². The highest BCUT2D eigenvalue weighted by atomic mass is 19.1. The number of halogens is 1. The lowest BCUT2D eigenvalue weighted by Gasteiger charge is -2.16. The van der Waals surface area contributed by atoms with Crippen molar-refractivity contribution in [3.8, 4) is 11.5 Å². The number of nitrogens with zero attached hydrogens (tertiary/aromatic N) is 3. The van der Waals surface area contributed by atoms with Crippen molar-refractivity contribution in [2.45, 2.75) is 12.3 Å². The smallest absolute Gasteiger partial charge is 0.258 e. The molecule has 0 radical (unpaired) electrons. The van der Waals surface area contributed by atoms with Gasteiger partial charge in [0.25, 0.3) is 5.89 Å². The number of hydrogen-bond donors (Lipinski definition) is 1. The zero-order chi connectivity index (χ0) is 18.4. The highest BCUT2D eigenvalue weighted by Crippen LogP contribution is 2.33. The van der Waals surface area contributed by atoms with E-state index in [1.165, 1.54) is 11.0 Å². The number of fused-ring (bicyclic) bond motifs is 1. The van der Waals surface area contributed by atoms with Crippen LogP contribution in [0.3, 0.4) is 0 Å². The van der Waals surface area contributed by atoms with Crippen LogP contribution in [0.15, 0.2) is 59.3 Å². The molecule has 1 aliphatic heterocycles. The van der Waals surface area contributed by atoms with Gasteiger partial charge in [0.05, 0.1) is 5.69 Å². The van der Waals surface area contributed by atoms with Crippen molar-refractivity contribution in [1.82, 2.24) is 15.1 Å². The molecule has 7 heteroatoms. The number of benzene rings is 2. The predicted molar refractivity (Wildman–Crippen MR) is 97.7 cm³/mol. The number of para-hydroxylation sites is 1. The standard InChI is InChI=1S/C20H15FN4O2/c21-15-5-1-2-7-17(15)25-11-12(10-18(25)26)19-23-20(27-24-19)14-4-3-6-16-13(14)8-9-22-16/h1-9,12,22H,10-11H2. The summed E-state index contributed by atoms with van der Waals surface area (Å²) in [4.78, 5) is 21.5. The number of aromatic nitrogens is 3. The van der Waals surface area contributed by atoms with Gasteiger partial charge in [-0.3, -0.25) is 4.79 Å². The van der Waals surface area contributed by atoms with Crippen molar-refractivity contribution in [1.29, 1.82) is 0 Å². The molecule has 1 fully saturated rings. The van der Waals surface area contributed by atoms with E-state index < -0.39 is 5.82 Å². The van der Waals surface area contributed by atoms with Crippen molar-refractivity contribution in [2.75, 3.05) is 11.4 Å². The van der Waals surface area contributed by atoms with Gasteiger partial charge in [-0.05, 0) is 30.3 Å². The molecule has 1 saturated heterocycles. The van der Waals surface area contributed by atoms with E-state index in [0.29, 0.717) is 18.3 Å². The van der Waals surface area contributed by atoms with Gasteiger partial charge < -0.3 is 14.4 Å². The molecule has 0 saturated carbocycles. The number of nitrogens with one attached hydrogen (secondary N) is 1. The van der Waals surface area contributed by atoms with E-state index in [-0.39, 0.29) is 23.9 Å². The summed E-state index contributed by atoms with van der Waals surface area (Å²) in [7, 11) is 0. The molecule has 1 aliphatic rings. The minimum Gasteiger partial charge on any atom is -0.361 e. The molecule has 1 amide bonds. The Hall–Kier alpha value is -3.48. The molecule has 134 valence electrons. The first kappa shape index (κ1) is 15.7. The van der Waals surface area contributed by atoms with E-state index in [0.717, 1.165) is 16.5 Å². The third-order valence-corrected chi connectivity index (χ3v) is 4.90.